The number of rotatable bonds is 0. The molecule has 0 N–H and O–H groups in total. The fraction of sp³-hybridized carbons (Fsp3) is 1.00. The quantitative estimate of drug-likeness (QED) is 0.536. The first-order chi connectivity index (χ1) is 5.77. The highest BCUT2D eigenvalue weighted by atomic mass is 15.2. The minimum absolute atomic E-state index is 0.872. The van der Waals surface area contributed by atoms with E-state index in [1.165, 1.54) is 38.6 Å². The molecule has 0 aromatic rings. The maximum Gasteiger partial charge on any atom is 0.0101 e. The van der Waals surface area contributed by atoms with Crippen molar-refractivity contribution in [1.29, 1.82) is 0 Å². The number of hydrogen-bond acceptors (Lipinski definition) is 1. The van der Waals surface area contributed by atoms with Crippen molar-refractivity contribution in [3.05, 3.63) is 0 Å². The van der Waals surface area contributed by atoms with Crippen molar-refractivity contribution >= 4 is 0 Å². The molecule has 2 rings (SSSR count). The molecule has 2 fully saturated rings. The van der Waals surface area contributed by atoms with Crippen molar-refractivity contribution in [1.82, 2.24) is 4.90 Å². The molecule has 3 atom stereocenters. The van der Waals surface area contributed by atoms with E-state index < -0.39 is 0 Å². The summed E-state index contributed by atoms with van der Waals surface area (Å²) in [5, 5.41) is 0. The lowest BCUT2D eigenvalue weighted by atomic mass is 9.85. The van der Waals surface area contributed by atoms with E-state index in [1.54, 1.807) is 0 Å². The molecule has 0 radical (unpaired) electrons. The standard InChI is InChI=1S/C11H21N/c1-9-6-7-12-10(2)4-3-5-11(12)8-9/h9-11H,3-8H2,1-2H3. The van der Waals surface area contributed by atoms with Crippen molar-refractivity contribution in [2.24, 2.45) is 5.92 Å². The lowest BCUT2D eigenvalue weighted by Gasteiger charge is -2.45. The Kier molecular flexibility index (Phi) is 2.40. The van der Waals surface area contributed by atoms with Crippen LogP contribution in [0, 0.1) is 5.92 Å². The third-order valence-corrected chi connectivity index (χ3v) is 3.75. The molecular weight excluding hydrogens is 146 g/mol. The summed E-state index contributed by atoms with van der Waals surface area (Å²) < 4.78 is 0. The summed E-state index contributed by atoms with van der Waals surface area (Å²) in [6, 6.07) is 1.81. The first-order valence-corrected chi connectivity index (χ1v) is 5.53. The van der Waals surface area contributed by atoms with Gasteiger partial charge in [-0.2, -0.15) is 0 Å². The molecule has 70 valence electrons. The van der Waals surface area contributed by atoms with Crippen molar-refractivity contribution in [3.63, 3.8) is 0 Å². The van der Waals surface area contributed by atoms with Crippen LogP contribution in [0.2, 0.25) is 0 Å². The van der Waals surface area contributed by atoms with E-state index in [1.807, 2.05) is 0 Å². The molecule has 2 aliphatic rings. The molecule has 0 bridgehead atoms. The third kappa shape index (κ3) is 1.52. The second kappa shape index (κ2) is 3.37. The molecule has 2 saturated heterocycles. The second-order valence-corrected chi connectivity index (χ2v) is 4.80. The van der Waals surface area contributed by atoms with Crippen LogP contribution in [-0.4, -0.2) is 23.5 Å². The average molecular weight is 167 g/mol. The summed E-state index contributed by atoms with van der Waals surface area (Å²) in [4.78, 5) is 2.75. The van der Waals surface area contributed by atoms with E-state index in [2.05, 4.69) is 18.7 Å². The minimum Gasteiger partial charge on any atom is -0.298 e. The van der Waals surface area contributed by atoms with E-state index in [9.17, 15) is 0 Å². The Labute approximate surface area is 76.1 Å². The van der Waals surface area contributed by atoms with Crippen LogP contribution in [0.25, 0.3) is 0 Å². The van der Waals surface area contributed by atoms with Gasteiger partial charge in [-0.3, -0.25) is 4.90 Å². The summed E-state index contributed by atoms with van der Waals surface area (Å²) in [7, 11) is 0. The fourth-order valence-corrected chi connectivity index (χ4v) is 2.95. The number of hydrogen-bond donors (Lipinski definition) is 0. The van der Waals surface area contributed by atoms with Crippen molar-refractivity contribution in [3.8, 4) is 0 Å². The van der Waals surface area contributed by atoms with Gasteiger partial charge in [-0.1, -0.05) is 13.3 Å². The Hall–Kier alpha value is -0.0400. The molecule has 0 aromatic heterocycles. The van der Waals surface area contributed by atoms with Crippen LogP contribution in [0.15, 0.2) is 0 Å². The van der Waals surface area contributed by atoms with E-state index >= 15 is 0 Å². The van der Waals surface area contributed by atoms with Gasteiger partial charge in [-0.25, -0.2) is 0 Å². The van der Waals surface area contributed by atoms with Crippen molar-refractivity contribution < 1.29 is 0 Å². The molecule has 1 nitrogen and oxygen atoms in total. The van der Waals surface area contributed by atoms with Gasteiger partial charge in [-0.15, -0.1) is 0 Å². The van der Waals surface area contributed by atoms with E-state index in [4.69, 9.17) is 0 Å². The van der Waals surface area contributed by atoms with Gasteiger partial charge >= 0.3 is 0 Å². The number of piperidine rings is 2. The summed E-state index contributed by atoms with van der Waals surface area (Å²) in [5.74, 6) is 0.983. The van der Waals surface area contributed by atoms with Gasteiger partial charge in [0, 0.05) is 12.1 Å². The van der Waals surface area contributed by atoms with Crippen LogP contribution in [-0.2, 0) is 0 Å². The molecule has 0 aliphatic carbocycles. The Morgan fingerprint density at radius 2 is 1.92 bits per heavy atom. The third-order valence-electron chi connectivity index (χ3n) is 3.75. The molecule has 3 unspecified atom stereocenters. The van der Waals surface area contributed by atoms with Gasteiger partial charge < -0.3 is 0 Å². The fourth-order valence-electron chi connectivity index (χ4n) is 2.95. The molecule has 0 saturated carbocycles. The predicted molar refractivity (Wildman–Crippen MR) is 52.2 cm³/mol. The highest BCUT2D eigenvalue weighted by molar-refractivity contribution is 4.87. The Morgan fingerprint density at radius 3 is 2.75 bits per heavy atom. The van der Waals surface area contributed by atoms with E-state index in [0.717, 1.165) is 18.0 Å². The molecule has 12 heavy (non-hydrogen) atoms. The van der Waals surface area contributed by atoms with Crippen LogP contribution in [0.4, 0.5) is 0 Å². The minimum atomic E-state index is 0.872. The number of nitrogens with zero attached hydrogens (tertiary/aromatic N) is 1. The molecule has 0 spiro atoms. The van der Waals surface area contributed by atoms with Crippen molar-refractivity contribution in [2.75, 3.05) is 6.54 Å². The highest BCUT2D eigenvalue weighted by Gasteiger charge is 2.31. The van der Waals surface area contributed by atoms with Gasteiger partial charge in [0.25, 0.3) is 0 Å². The van der Waals surface area contributed by atoms with E-state index in [-0.39, 0.29) is 0 Å². The SMILES string of the molecule is CC1CCN2C(C)CCCC2C1. The van der Waals surface area contributed by atoms with Crippen LogP contribution < -0.4 is 0 Å². The highest BCUT2D eigenvalue weighted by Crippen LogP contribution is 2.32. The normalized spacial score (nSPS) is 44.0. The van der Waals surface area contributed by atoms with Gasteiger partial charge in [0.15, 0.2) is 0 Å². The zero-order valence-electron chi connectivity index (χ0n) is 8.42. The lowest BCUT2D eigenvalue weighted by Crippen LogP contribution is -2.49. The van der Waals surface area contributed by atoms with Gasteiger partial charge in [0.05, 0.1) is 0 Å². The summed E-state index contributed by atoms with van der Waals surface area (Å²) in [6.45, 7) is 6.19. The zero-order chi connectivity index (χ0) is 8.55. The summed E-state index contributed by atoms with van der Waals surface area (Å²) >= 11 is 0. The largest absolute Gasteiger partial charge is 0.298 e. The Morgan fingerprint density at radius 1 is 1.08 bits per heavy atom. The van der Waals surface area contributed by atoms with Crippen LogP contribution >= 0.6 is 0 Å². The first kappa shape index (κ1) is 8.55. The smallest absolute Gasteiger partial charge is 0.0101 e. The zero-order valence-corrected chi connectivity index (χ0v) is 8.42. The molecular formula is C11H21N. The second-order valence-electron chi connectivity index (χ2n) is 4.80. The molecule has 2 heterocycles. The van der Waals surface area contributed by atoms with E-state index in [0.29, 0.717) is 0 Å². The van der Waals surface area contributed by atoms with Crippen LogP contribution in [0.3, 0.4) is 0 Å². The summed E-state index contributed by atoms with van der Waals surface area (Å²) in [5.41, 5.74) is 0. The van der Waals surface area contributed by atoms with Gasteiger partial charge in [0.1, 0.15) is 0 Å². The maximum atomic E-state index is 2.75. The first-order valence-electron chi connectivity index (χ1n) is 5.53. The average Bonchev–Trinajstić information content (AvgIpc) is 2.04. The molecule has 0 amide bonds. The summed E-state index contributed by atoms with van der Waals surface area (Å²) in [6.07, 6.45) is 7.26. The van der Waals surface area contributed by atoms with Gasteiger partial charge in [-0.05, 0) is 45.1 Å². The molecule has 0 aromatic carbocycles. The topological polar surface area (TPSA) is 3.24 Å². The predicted octanol–water partition coefficient (Wildman–Crippen LogP) is 2.66. The Bertz CT molecular complexity index is 155. The molecule has 2 aliphatic heterocycles. The van der Waals surface area contributed by atoms with Gasteiger partial charge in [0.2, 0.25) is 0 Å². The maximum absolute atomic E-state index is 2.75. The van der Waals surface area contributed by atoms with Crippen LogP contribution in [0.1, 0.15) is 46.0 Å². The number of fused-ring (bicyclic) bond motifs is 1. The van der Waals surface area contributed by atoms with Crippen LogP contribution in [0.5, 0.6) is 0 Å². The Balaban J connectivity index is 1.99. The molecule has 1 heteroatoms. The monoisotopic (exact) mass is 167 g/mol. The van der Waals surface area contributed by atoms with Crippen molar-refractivity contribution in [2.45, 2.75) is 58.0 Å². The lowest BCUT2D eigenvalue weighted by molar-refractivity contribution is 0.0420.